The second-order valence-electron chi connectivity index (χ2n) is 4.39. The molecule has 0 fully saturated rings. The highest BCUT2D eigenvalue weighted by Crippen LogP contribution is 2.08. The highest BCUT2D eigenvalue weighted by molar-refractivity contribution is 7.88. The summed E-state index contributed by atoms with van der Waals surface area (Å²) < 4.78 is 25.9. The molecule has 0 saturated carbocycles. The maximum absolute atomic E-state index is 11.8. The number of rotatable bonds is 6. The Morgan fingerprint density at radius 3 is 2.53 bits per heavy atom. The Balaban J connectivity index is 2.66. The molecule has 7 heteroatoms. The number of nitrogens with two attached hydrogens (primary N) is 1. The van der Waals surface area contributed by atoms with Crippen LogP contribution in [0.1, 0.15) is 11.1 Å². The number of likely N-dealkylation sites (N-methyl/N-ethyl adjacent to an activating group) is 1. The lowest BCUT2D eigenvalue weighted by Crippen LogP contribution is -2.36. The number of nitrogens with one attached hydrogen (secondary N) is 1. The predicted molar refractivity (Wildman–Crippen MR) is 73.7 cm³/mol. The third kappa shape index (κ3) is 5.37. The number of sulfonamides is 1. The Kier molecular flexibility index (Phi) is 5.46. The molecule has 1 amide bonds. The van der Waals surface area contributed by atoms with Crippen LogP contribution >= 0.6 is 0 Å². The van der Waals surface area contributed by atoms with Crippen LogP contribution in [0.4, 0.5) is 0 Å². The van der Waals surface area contributed by atoms with Crippen molar-refractivity contribution in [3.63, 3.8) is 0 Å². The van der Waals surface area contributed by atoms with Gasteiger partial charge in [0, 0.05) is 20.6 Å². The summed E-state index contributed by atoms with van der Waals surface area (Å²) in [5.74, 6) is -0.457. The van der Waals surface area contributed by atoms with Crippen LogP contribution in [-0.4, -0.2) is 39.9 Å². The Labute approximate surface area is 113 Å². The fourth-order valence-corrected chi connectivity index (χ4v) is 2.51. The van der Waals surface area contributed by atoms with Gasteiger partial charge in [-0.05, 0) is 11.1 Å². The Morgan fingerprint density at radius 1 is 1.32 bits per heavy atom. The molecule has 1 aromatic carbocycles. The smallest absolute Gasteiger partial charge is 0.237 e. The van der Waals surface area contributed by atoms with Gasteiger partial charge in [0.2, 0.25) is 15.9 Å². The van der Waals surface area contributed by atoms with E-state index in [1.165, 1.54) is 4.90 Å². The number of hydrogen-bond donors (Lipinski definition) is 2. The topological polar surface area (TPSA) is 92.5 Å². The zero-order valence-corrected chi connectivity index (χ0v) is 11.9. The fraction of sp³-hybridized carbons (Fsp3) is 0.417. The van der Waals surface area contributed by atoms with Crippen LogP contribution in [0.2, 0.25) is 0 Å². The molecule has 0 aliphatic rings. The maximum atomic E-state index is 11.8. The average molecular weight is 285 g/mol. The number of amides is 1. The van der Waals surface area contributed by atoms with Gasteiger partial charge in [-0.3, -0.25) is 4.79 Å². The first-order valence-electron chi connectivity index (χ1n) is 5.79. The van der Waals surface area contributed by atoms with Crippen LogP contribution in [0.3, 0.4) is 0 Å². The van der Waals surface area contributed by atoms with E-state index in [1.807, 2.05) is 6.07 Å². The van der Waals surface area contributed by atoms with Gasteiger partial charge in [-0.2, -0.15) is 0 Å². The first-order chi connectivity index (χ1) is 8.84. The average Bonchev–Trinajstić information content (AvgIpc) is 2.35. The number of carbonyl (C=O) groups is 1. The lowest BCUT2D eigenvalue weighted by Gasteiger charge is -2.11. The third-order valence-corrected chi connectivity index (χ3v) is 3.82. The second kappa shape index (κ2) is 6.65. The van der Waals surface area contributed by atoms with E-state index >= 15 is 0 Å². The summed E-state index contributed by atoms with van der Waals surface area (Å²) in [4.78, 5) is 12.7. The molecule has 1 aromatic rings. The van der Waals surface area contributed by atoms with Gasteiger partial charge in [0.25, 0.3) is 0 Å². The van der Waals surface area contributed by atoms with Gasteiger partial charge in [-0.25, -0.2) is 13.1 Å². The van der Waals surface area contributed by atoms with Crippen LogP contribution in [0.5, 0.6) is 0 Å². The van der Waals surface area contributed by atoms with Gasteiger partial charge >= 0.3 is 0 Å². The minimum Gasteiger partial charge on any atom is -0.348 e. The number of carbonyl (C=O) groups excluding carboxylic acids is 1. The lowest BCUT2D eigenvalue weighted by atomic mass is 10.1. The summed E-state index contributed by atoms with van der Waals surface area (Å²) >= 11 is 0. The van der Waals surface area contributed by atoms with Gasteiger partial charge in [0.1, 0.15) is 0 Å². The van der Waals surface area contributed by atoms with Crippen molar-refractivity contribution in [3.8, 4) is 0 Å². The molecule has 0 heterocycles. The fourth-order valence-electron chi connectivity index (χ4n) is 1.45. The Morgan fingerprint density at radius 2 is 1.95 bits per heavy atom. The van der Waals surface area contributed by atoms with E-state index in [0.29, 0.717) is 12.1 Å². The van der Waals surface area contributed by atoms with Crippen molar-refractivity contribution in [2.45, 2.75) is 12.3 Å². The SMILES string of the molecule is CN(C)C(=O)CNS(=O)(=O)Cc1cccc(CN)c1. The van der Waals surface area contributed by atoms with Crippen LogP contribution in [0.25, 0.3) is 0 Å². The van der Waals surface area contributed by atoms with Crippen molar-refractivity contribution in [1.82, 2.24) is 9.62 Å². The summed E-state index contributed by atoms with van der Waals surface area (Å²) in [6, 6.07) is 7.05. The normalized spacial score (nSPS) is 11.3. The molecule has 1 rings (SSSR count). The van der Waals surface area contributed by atoms with E-state index in [-0.39, 0.29) is 18.2 Å². The standard InChI is InChI=1S/C12H19N3O3S/c1-15(2)12(16)8-14-19(17,18)9-11-5-3-4-10(6-11)7-13/h3-6,14H,7-9,13H2,1-2H3. The van der Waals surface area contributed by atoms with Crippen LogP contribution in [0, 0.1) is 0 Å². The van der Waals surface area contributed by atoms with Crippen molar-refractivity contribution in [2.75, 3.05) is 20.6 Å². The molecule has 0 saturated heterocycles. The zero-order chi connectivity index (χ0) is 14.5. The second-order valence-corrected chi connectivity index (χ2v) is 6.20. The highest BCUT2D eigenvalue weighted by Gasteiger charge is 2.14. The van der Waals surface area contributed by atoms with Crippen molar-refractivity contribution >= 4 is 15.9 Å². The molecule has 3 N–H and O–H groups in total. The molecule has 0 aliphatic carbocycles. The van der Waals surface area contributed by atoms with Crippen LogP contribution < -0.4 is 10.5 Å². The van der Waals surface area contributed by atoms with E-state index in [9.17, 15) is 13.2 Å². The van der Waals surface area contributed by atoms with Gasteiger partial charge in [-0.15, -0.1) is 0 Å². The monoisotopic (exact) mass is 285 g/mol. The minimum absolute atomic E-state index is 0.165. The molecular weight excluding hydrogens is 266 g/mol. The van der Waals surface area contributed by atoms with Crippen LogP contribution in [-0.2, 0) is 27.1 Å². The van der Waals surface area contributed by atoms with Gasteiger partial charge in [-0.1, -0.05) is 24.3 Å². The van der Waals surface area contributed by atoms with E-state index in [1.54, 1.807) is 32.3 Å². The molecule has 0 bridgehead atoms. The van der Waals surface area contributed by atoms with Crippen LogP contribution in [0.15, 0.2) is 24.3 Å². The van der Waals surface area contributed by atoms with Crippen molar-refractivity contribution in [1.29, 1.82) is 0 Å². The Bertz CT molecular complexity index is 541. The quantitative estimate of drug-likeness (QED) is 0.747. The summed E-state index contributed by atoms with van der Waals surface area (Å²) in [6.45, 7) is 0.131. The van der Waals surface area contributed by atoms with Crippen molar-refractivity contribution < 1.29 is 13.2 Å². The molecule has 0 radical (unpaired) electrons. The van der Waals surface area contributed by atoms with Gasteiger partial charge in [0.05, 0.1) is 12.3 Å². The molecule has 6 nitrogen and oxygen atoms in total. The summed E-state index contributed by atoms with van der Waals surface area (Å²) in [5, 5.41) is 0. The van der Waals surface area contributed by atoms with E-state index in [4.69, 9.17) is 5.73 Å². The van der Waals surface area contributed by atoms with E-state index in [2.05, 4.69) is 4.72 Å². The molecule has 0 atom stereocenters. The first-order valence-corrected chi connectivity index (χ1v) is 7.44. The molecule has 106 valence electrons. The minimum atomic E-state index is -3.53. The molecule has 0 aliphatic heterocycles. The van der Waals surface area contributed by atoms with Gasteiger partial charge < -0.3 is 10.6 Å². The molecular formula is C12H19N3O3S. The number of benzene rings is 1. The number of hydrogen-bond acceptors (Lipinski definition) is 4. The summed E-state index contributed by atoms with van der Waals surface area (Å²) in [5.41, 5.74) is 7.02. The summed E-state index contributed by atoms with van der Waals surface area (Å²) in [6.07, 6.45) is 0. The largest absolute Gasteiger partial charge is 0.348 e. The van der Waals surface area contributed by atoms with Gasteiger partial charge in [0.15, 0.2) is 0 Å². The maximum Gasteiger partial charge on any atom is 0.237 e. The molecule has 0 spiro atoms. The third-order valence-electron chi connectivity index (χ3n) is 2.53. The molecule has 0 unspecified atom stereocenters. The highest BCUT2D eigenvalue weighted by atomic mass is 32.2. The Hall–Kier alpha value is -1.44. The lowest BCUT2D eigenvalue weighted by molar-refractivity contribution is -0.127. The predicted octanol–water partition coefficient (Wildman–Crippen LogP) is -0.347. The van der Waals surface area contributed by atoms with E-state index < -0.39 is 10.0 Å². The van der Waals surface area contributed by atoms with E-state index in [0.717, 1.165) is 5.56 Å². The molecule has 0 aromatic heterocycles. The van der Waals surface area contributed by atoms with Crippen molar-refractivity contribution in [2.24, 2.45) is 5.73 Å². The first kappa shape index (κ1) is 15.6. The zero-order valence-electron chi connectivity index (χ0n) is 11.1. The molecule has 19 heavy (non-hydrogen) atoms. The van der Waals surface area contributed by atoms with Crippen molar-refractivity contribution in [3.05, 3.63) is 35.4 Å². The number of nitrogens with zero attached hydrogens (tertiary/aromatic N) is 1. The summed E-state index contributed by atoms with van der Waals surface area (Å²) in [7, 11) is -0.385.